The smallest absolute Gasteiger partial charge is 0.233 e. The van der Waals surface area contributed by atoms with Crippen LogP contribution in [0.15, 0.2) is 59.4 Å². The van der Waals surface area contributed by atoms with Crippen molar-refractivity contribution in [2.45, 2.75) is 12.3 Å². The van der Waals surface area contributed by atoms with Crippen molar-refractivity contribution in [3.63, 3.8) is 0 Å². The minimum Gasteiger partial charge on any atom is -0.341 e. The molecule has 2 aliphatic heterocycles. The van der Waals surface area contributed by atoms with Crippen LogP contribution in [0.5, 0.6) is 0 Å². The van der Waals surface area contributed by atoms with E-state index in [1.54, 1.807) is 22.2 Å². The highest BCUT2D eigenvalue weighted by molar-refractivity contribution is 6.00. The third-order valence-corrected chi connectivity index (χ3v) is 5.46. The van der Waals surface area contributed by atoms with Crippen molar-refractivity contribution >= 4 is 17.5 Å². The summed E-state index contributed by atoms with van der Waals surface area (Å²) >= 11 is 0. The number of aromatic nitrogens is 3. The molecular formula is C21H19N5O3. The number of pyridine rings is 1. The molecule has 4 heterocycles. The lowest BCUT2D eigenvalue weighted by Gasteiger charge is -2.38. The van der Waals surface area contributed by atoms with Crippen molar-refractivity contribution in [2.75, 3.05) is 24.5 Å². The van der Waals surface area contributed by atoms with Crippen LogP contribution >= 0.6 is 0 Å². The van der Waals surface area contributed by atoms with Gasteiger partial charge < -0.3 is 14.3 Å². The molecule has 2 aliphatic rings. The fraction of sp³-hybridized carbons (Fsp3) is 0.286. The number of likely N-dealkylation sites (tertiary alicyclic amines) is 1. The Hall–Kier alpha value is -3.55. The van der Waals surface area contributed by atoms with Gasteiger partial charge in [0, 0.05) is 49.7 Å². The average Bonchev–Trinajstić information content (AvgIpc) is 3.35. The number of amides is 2. The van der Waals surface area contributed by atoms with Crippen LogP contribution in [-0.4, -0.2) is 51.5 Å². The molecule has 0 spiro atoms. The first-order valence-electron chi connectivity index (χ1n) is 9.57. The van der Waals surface area contributed by atoms with Crippen LogP contribution in [0.3, 0.4) is 0 Å². The van der Waals surface area contributed by atoms with Crippen LogP contribution in [0, 0.1) is 5.92 Å². The number of para-hydroxylation sites is 1. The normalized spacial score (nSPS) is 19.4. The predicted molar refractivity (Wildman–Crippen MR) is 104 cm³/mol. The van der Waals surface area contributed by atoms with Gasteiger partial charge in [-0.15, -0.1) is 0 Å². The summed E-state index contributed by atoms with van der Waals surface area (Å²) < 4.78 is 5.39. The third kappa shape index (κ3) is 3.26. The Morgan fingerprint density at radius 1 is 1.03 bits per heavy atom. The first kappa shape index (κ1) is 17.5. The molecule has 1 atom stereocenters. The standard InChI is InChI=1S/C21H19N5O3/c27-18-10-15(13-26(18)17-4-2-1-3-5-17)21(28)25-11-16(12-25)20-23-19(24-29-20)14-6-8-22-9-7-14/h1-9,15-16H,10-13H2. The van der Waals surface area contributed by atoms with Gasteiger partial charge in [-0.1, -0.05) is 23.4 Å². The van der Waals surface area contributed by atoms with Gasteiger partial charge in [-0.05, 0) is 24.3 Å². The van der Waals surface area contributed by atoms with Gasteiger partial charge in [0.2, 0.25) is 23.5 Å². The van der Waals surface area contributed by atoms with Gasteiger partial charge in [-0.25, -0.2) is 0 Å². The zero-order valence-corrected chi connectivity index (χ0v) is 15.6. The highest BCUT2D eigenvalue weighted by Gasteiger charge is 2.42. The molecule has 1 unspecified atom stereocenters. The highest BCUT2D eigenvalue weighted by Crippen LogP contribution is 2.32. The van der Waals surface area contributed by atoms with Crippen LogP contribution in [-0.2, 0) is 9.59 Å². The minimum atomic E-state index is -0.307. The largest absolute Gasteiger partial charge is 0.341 e. The van der Waals surface area contributed by atoms with Crippen LogP contribution in [0.2, 0.25) is 0 Å². The van der Waals surface area contributed by atoms with Gasteiger partial charge in [0.25, 0.3) is 0 Å². The number of nitrogens with zero attached hydrogens (tertiary/aromatic N) is 5. The zero-order valence-electron chi connectivity index (χ0n) is 15.6. The molecule has 146 valence electrons. The molecular weight excluding hydrogens is 370 g/mol. The summed E-state index contributed by atoms with van der Waals surface area (Å²) in [5.74, 6) is 0.789. The van der Waals surface area contributed by atoms with E-state index in [2.05, 4.69) is 15.1 Å². The first-order valence-corrected chi connectivity index (χ1v) is 9.57. The molecule has 2 aromatic heterocycles. The van der Waals surface area contributed by atoms with Gasteiger partial charge >= 0.3 is 0 Å². The molecule has 2 fully saturated rings. The molecule has 2 amide bonds. The molecule has 2 saturated heterocycles. The molecule has 8 nitrogen and oxygen atoms in total. The Balaban J connectivity index is 1.20. The molecule has 5 rings (SSSR count). The fourth-order valence-corrected chi connectivity index (χ4v) is 3.82. The first-order chi connectivity index (χ1) is 14.2. The fourth-order valence-electron chi connectivity index (χ4n) is 3.82. The van der Waals surface area contributed by atoms with Gasteiger partial charge in [0.15, 0.2) is 0 Å². The number of rotatable bonds is 4. The second kappa shape index (κ2) is 7.12. The molecule has 0 saturated carbocycles. The number of carbonyl (C=O) groups is 2. The molecule has 0 aliphatic carbocycles. The molecule has 29 heavy (non-hydrogen) atoms. The molecule has 1 aromatic carbocycles. The SMILES string of the molecule is O=C(C1CC(=O)N(c2ccccc2)C1)N1CC(c2nc(-c3ccncc3)no2)C1. The Morgan fingerprint density at radius 2 is 1.79 bits per heavy atom. The van der Waals surface area contributed by atoms with Crippen molar-refractivity contribution in [1.82, 2.24) is 20.0 Å². The average molecular weight is 389 g/mol. The topological polar surface area (TPSA) is 92.4 Å². The summed E-state index contributed by atoms with van der Waals surface area (Å²) in [7, 11) is 0. The zero-order chi connectivity index (χ0) is 19.8. The van der Waals surface area contributed by atoms with Gasteiger partial charge in [-0.2, -0.15) is 4.98 Å². The van der Waals surface area contributed by atoms with Crippen LogP contribution in [0.4, 0.5) is 5.69 Å². The molecule has 0 bridgehead atoms. The van der Waals surface area contributed by atoms with Crippen molar-refractivity contribution in [1.29, 1.82) is 0 Å². The maximum absolute atomic E-state index is 12.8. The van der Waals surface area contributed by atoms with E-state index >= 15 is 0 Å². The van der Waals surface area contributed by atoms with E-state index in [4.69, 9.17) is 4.52 Å². The number of hydrogen-bond acceptors (Lipinski definition) is 6. The second-order valence-corrected chi connectivity index (χ2v) is 7.37. The predicted octanol–water partition coefficient (Wildman–Crippen LogP) is 2.11. The second-order valence-electron chi connectivity index (χ2n) is 7.37. The number of carbonyl (C=O) groups excluding carboxylic acids is 2. The lowest BCUT2D eigenvalue weighted by atomic mass is 9.96. The summed E-state index contributed by atoms with van der Waals surface area (Å²) in [6.45, 7) is 1.50. The Kier molecular flexibility index (Phi) is 4.31. The van der Waals surface area contributed by atoms with Crippen molar-refractivity contribution < 1.29 is 14.1 Å². The van der Waals surface area contributed by atoms with E-state index in [-0.39, 0.29) is 30.1 Å². The van der Waals surface area contributed by atoms with E-state index in [1.807, 2.05) is 42.5 Å². The van der Waals surface area contributed by atoms with E-state index in [1.165, 1.54) is 0 Å². The van der Waals surface area contributed by atoms with E-state index in [9.17, 15) is 9.59 Å². The number of hydrogen-bond donors (Lipinski definition) is 0. The molecule has 3 aromatic rings. The summed E-state index contributed by atoms with van der Waals surface area (Å²) in [5.41, 5.74) is 1.68. The maximum atomic E-state index is 12.8. The Bertz CT molecular complexity index is 1030. The van der Waals surface area contributed by atoms with Crippen LogP contribution in [0.25, 0.3) is 11.4 Å². The summed E-state index contributed by atoms with van der Waals surface area (Å²) in [6.07, 6.45) is 3.61. The maximum Gasteiger partial charge on any atom is 0.233 e. The van der Waals surface area contributed by atoms with E-state index < -0.39 is 0 Å². The summed E-state index contributed by atoms with van der Waals surface area (Å²) in [6, 6.07) is 13.1. The van der Waals surface area contributed by atoms with E-state index in [0.717, 1.165) is 11.3 Å². The minimum absolute atomic E-state index is 0.00878. The molecule has 8 heteroatoms. The molecule has 0 radical (unpaired) electrons. The lowest BCUT2D eigenvalue weighted by molar-refractivity contribution is -0.140. The van der Waals surface area contributed by atoms with E-state index in [0.29, 0.717) is 31.3 Å². The quantitative estimate of drug-likeness (QED) is 0.679. The van der Waals surface area contributed by atoms with Crippen molar-refractivity contribution in [2.24, 2.45) is 5.92 Å². The van der Waals surface area contributed by atoms with Gasteiger partial charge in [-0.3, -0.25) is 14.6 Å². The number of benzene rings is 1. The summed E-state index contributed by atoms with van der Waals surface area (Å²) in [5, 5.41) is 4.02. The van der Waals surface area contributed by atoms with Gasteiger partial charge in [0.05, 0.1) is 11.8 Å². The van der Waals surface area contributed by atoms with Crippen molar-refractivity contribution in [3.8, 4) is 11.4 Å². The summed E-state index contributed by atoms with van der Waals surface area (Å²) in [4.78, 5) is 37.1. The van der Waals surface area contributed by atoms with Crippen LogP contribution < -0.4 is 4.90 Å². The highest BCUT2D eigenvalue weighted by atomic mass is 16.5. The van der Waals surface area contributed by atoms with Gasteiger partial charge in [0.1, 0.15) is 0 Å². The number of anilines is 1. The Morgan fingerprint density at radius 3 is 2.55 bits per heavy atom. The van der Waals surface area contributed by atoms with Crippen LogP contribution in [0.1, 0.15) is 18.2 Å². The monoisotopic (exact) mass is 389 g/mol. The Labute approximate surface area is 167 Å². The lowest BCUT2D eigenvalue weighted by Crippen LogP contribution is -2.51. The van der Waals surface area contributed by atoms with Crippen molar-refractivity contribution in [3.05, 3.63) is 60.7 Å². The molecule has 0 N–H and O–H groups in total. The third-order valence-electron chi connectivity index (χ3n) is 5.46.